The maximum atomic E-state index is 10.6. The molecule has 3 aliphatic carbocycles. The summed E-state index contributed by atoms with van der Waals surface area (Å²) >= 11 is 0. The van der Waals surface area contributed by atoms with E-state index in [0.29, 0.717) is 16.7 Å². The molecule has 4 rings (SSSR count). The Bertz CT molecular complexity index is 719. The van der Waals surface area contributed by atoms with Crippen LogP contribution in [0.3, 0.4) is 0 Å². The van der Waals surface area contributed by atoms with Gasteiger partial charge in [-0.05, 0) is 83.8 Å². The summed E-state index contributed by atoms with van der Waals surface area (Å²) in [4.78, 5) is 0. The van der Waals surface area contributed by atoms with Crippen LogP contribution >= 0.6 is 0 Å². The smallest absolute Gasteiger partial charge is 0.160 e. The first kappa shape index (κ1) is 17.2. The summed E-state index contributed by atoms with van der Waals surface area (Å²) in [5.74, 6) is 1.56. The minimum absolute atomic E-state index is 0.0727. The fraction of sp³-hybridized carbons (Fsp3) is 0.739. The molecule has 2 saturated carbocycles. The van der Waals surface area contributed by atoms with Gasteiger partial charge in [0.25, 0.3) is 0 Å². The number of phenols is 2. The molecule has 2 N–H and O–H groups in total. The lowest BCUT2D eigenvalue weighted by atomic mass is 9.43. The van der Waals surface area contributed by atoms with Gasteiger partial charge in [-0.25, -0.2) is 0 Å². The lowest BCUT2D eigenvalue weighted by molar-refractivity contribution is -0.0983. The van der Waals surface area contributed by atoms with Crippen molar-refractivity contribution in [3.05, 3.63) is 22.8 Å². The van der Waals surface area contributed by atoms with Crippen LogP contribution in [0.5, 0.6) is 11.5 Å². The first-order chi connectivity index (χ1) is 11.6. The molecule has 0 unspecified atom stereocenters. The predicted molar refractivity (Wildman–Crippen MR) is 102 cm³/mol. The molecule has 25 heavy (non-hydrogen) atoms. The molecule has 1 aromatic rings. The fourth-order valence-electron chi connectivity index (χ4n) is 7.57. The molecule has 0 aromatic heterocycles. The van der Waals surface area contributed by atoms with E-state index in [2.05, 4.69) is 34.6 Å². The van der Waals surface area contributed by atoms with Gasteiger partial charge in [-0.2, -0.15) is 0 Å². The Balaban J connectivity index is 1.88. The summed E-state index contributed by atoms with van der Waals surface area (Å²) in [5.41, 5.74) is 4.56. The van der Waals surface area contributed by atoms with Crippen molar-refractivity contribution < 1.29 is 10.2 Å². The van der Waals surface area contributed by atoms with Gasteiger partial charge in [0.1, 0.15) is 0 Å². The molecule has 4 atom stereocenters. The molecular weight excluding hydrogens is 308 g/mol. The van der Waals surface area contributed by atoms with E-state index in [4.69, 9.17) is 0 Å². The topological polar surface area (TPSA) is 40.5 Å². The van der Waals surface area contributed by atoms with E-state index >= 15 is 0 Å². The van der Waals surface area contributed by atoms with E-state index in [1.165, 1.54) is 43.2 Å². The maximum absolute atomic E-state index is 10.6. The molecule has 0 spiro atoms. The summed E-state index contributed by atoms with van der Waals surface area (Å²) < 4.78 is 0. The Hall–Kier alpha value is -1.18. The molecule has 0 amide bonds. The summed E-state index contributed by atoms with van der Waals surface area (Å²) in [5, 5.41) is 20.9. The number of rotatable bonds is 1. The van der Waals surface area contributed by atoms with Crippen LogP contribution in [0.4, 0.5) is 0 Å². The van der Waals surface area contributed by atoms with Gasteiger partial charge < -0.3 is 10.2 Å². The van der Waals surface area contributed by atoms with Crippen LogP contribution in [0.15, 0.2) is 6.07 Å². The molecule has 0 heterocycles. The third-order valence-electron chi connectivity index (χ3n) is 8.62. The van der Waals surface area contributed by atoms with Gasteiger partial charge >= 0.3 is 0 Å². The molecule has 3 aliphatic rings. The number of fused-ring (bicyclic) bond motifs is 5. The van der Waals surface area contributed by atoms with E-state index in [9.17, 15) is 10.2 Å². The van der Waals surface area contributed by atoms with Crippen molar-refractivity contribution >= 4 is 0 Å². The number of aryl methyl sites for hydroxylation is 1. The minimum atomic E-state index is 0.0727. The average molecular weight is 343 g/mol. The van der Waals surface area contributed by atoms with E-state index < -0.39 is 0 Å². The molecule has 138 valence electrons. The van der Waals surface area contributed by atoms with E-state index in [-0.39, 0.29) is 16.9 Å². The Kier molecular flexibility index (Phi) is 3.57. The van der Waals surface area contributed by atoms with E-state index in [1.807, 2.05) is 6.07 Å². The van der Waals surface area contributed by atoms with Crippen LogP contribution in [0.25, 0.3) is 0 Å². The zero-order chi connectivity index (χ0) is 18.2. The Morgan fingerprint density at radius 2 is 1.76 bits per heavy atom. The van der Waals surface area contributed by atoms with Crippen molar-refractivity contribution in [1.82, 2.24) is 0 Å². The number of phenolic OH excluding ortho intramolecular Hbond substituents is 2. The van der Waals surface area contributed by atoms with Gasteiger partial charge in [-0.15, -0.1) is 0 Å². The van der Waals surface area contributed by atoms with Crippen molar-refractivity contribution in [1.29, 1.82) is 0 Å². The maximum Gasteiger partial charge on any atom is 0.160 e. The first-order valence-corrected chi connectivity index (χ1v) is 10.2. The molecule has 2 nitrogen and oxygen atoms in total. The second-order valence-corrected chi connectivity index (χ2v) is 10.2. The number of aromatic hydroxyl groups is 2. The standard InChI is InChI=1S/C23H34O2/c1-6-14-12-16(24)20(25)15-13-18-22(4)10-7-9-21(2,3)17(22)8-11-23(18,5)19(14)15/h12,17-18,24-25H,6-11,13H2,1-5H3/t17-,18+,22-,23+/m0/s1. The molecule has 0 bridgehead atoms. The number of hydrogen-bond acceptors (Lipinski definition) is 2. The lowest BCUT2D eigenvalue weighted by Gasteiger charge is -2.61. The quantitative estimate of drug-likeness (QED) is 0.641. The molecule has 1 aromatic carbocycles. The highest BCUT2D eigenvalue weighted by Crippen LogP contribution is 2.68. The minimum Gasteiger partial charge on any atom is -0.504 e. The van der Waals surface area contributed by atoms with Crippen molar-refractivity contribution in [2.24, 2.45) is 22.7 Å². The second kappa shape index (κ2) is 5.18. The predicted octanol–water partition coefficient (Wildman–Crippen LogP) is 5.72. The van der Waals surface area contributed by atoms with Crippen LogP contribution < -0.4 is 0 Å². The van der Waals surface area contributed by atoms with Crippen molar-refractivity contribution in [3.8, 4) is 11.5 Å². The third-order valence-corrected chi connectivity index (χ3v) is 8.62. The molecule has 0 radical (unpaired) electrons. The van der Waals surface area contributed by atoms with Gasteiger partial charge in [0.05, 0.1) is 0 Å². The third kappa shape index (κ3) is 2.09. The van der Waals surface area contributed by atoms with Gasteiger partial charge in [0.2, 0.25) is 0 Å². The fourth-order valence-corrected chi connectivity index (χ4v) is 7.57. The van der Waals surface area contributed by atoms with Crippen molar-refractivity contribution in [3.63, 3.8) is 0 Å². The zero-order valence-electron chi connectivity index (χ0n) is 16.6. The highest BCUT2D eigenvalue weighted by molar-refractivity contribution is 5.59. The molecule has 0 saturated heterocycles. The van der Waals surface area contributed by atoms with Gasteiger partial charge in [0, 0.05) is 5.56 Å². The summed E-state index contributed by atoms with van der Waals surface area (Å²) in [6.45, 7) is 12.1. The van der Waals surface area contributed by atoms with E-state index in [1.54, 1.807) is 0 Å². The van der Waals surface area contributed by atoms with Crippen LogP contribution in [0.2, 0.25) is 0 Å². The lowest BCUT2D eigenvalue weighted by Crippen LogP contribution is -2.55. The Morgan fingerprint density at radius 1 is 1.04 bits per heavy atom. The average Bonchev–Trinajstić information content (AvgIpc) is 2.85. The summed E-state index contributed by atoms with van der Waals surface area (Å²) in [7, 11) is 0. The molecule has 2 fully saturated rings. The van der Waals surface area contributed by atoms with Crippen molar-refractivity contribution in [2.45, 2.75) is 85.0 Å². The number of benzene rings is 1. The van der Waals surface area contributed by atoms with Gasteiger partial charge in [0.15, 0.2) is 11.5 Å². The zero-order valence-corrected chi connectivity index (χ0v) is 16.6. The molecule has 0 aliphatic heterocycles. The summed E-state index contributed by atoms with van der Waals surface area (Å²) in [6.07, 6.45) is 8.33. The van der Waals surface area contributed by atoms with Gasteiger partial charge in [-0.3, -0.25) is 0 Å². The molecular formula is C23H34O2. The van der Waals surface area contributed by atoms with Crippen LogP contribution in [0, 0.1) is 22.7 Å². The van der Waals surface area contributed by atoms with E-state index in [0.717, 1.165) is 24.3 Å². The normalized spacial score (nSPS) is 38.8. The first-order valence-electron chi connectivity index (χ1n) is 10.2. The number of hydrogen-bond donors (Lipinski definition) is 2. The van der Waals surface area contributed by atoms with Crippen molar-refractivity contribution in [2.75, 3.05) is 0 Å². The highest BCUT2D eigenvalue weighted by Gasteiger charge is 2.61. The highest BCUT2D eigenvalue weighted by atomic mass is 16.3. The SMILES string of the molecule is CCc1cc(O)c(O)c2c1[C@]1(C)CC[C@H]3C(C)(C)CCC[C@]3(C)[C@H]1C2. The van der Waals surface area contributed by atoms with Crippen LogP contribution in [0.1, 0.15) is 83.4 Å². The Labute approximate surface area is 152 Å². The van der Waals surface area contributed by atoms with Gasteiger partial charge in [-0.1, -0.05) is 41.0 Å². The van der Waals surface area contributed by atoms with Crippen LogP contribution in [-0.4, -0.2) is 10.2 Å². The Morgan fingerprint density at radius 3 is 2.44 bits per heavy atom. The van der Waals surface area contributed by atoms with Crippen LogP contribution in [-0.2, 0) is 18.3 Å². The monoisotopic (exact) mass is 342 g/mol. The summed E-state index contributed by atoms with van der Waals surface area (Å²) in [6, 6.07) is 1.82. The molecule has 2 heteroatoms. The second-order valence-electron chi connectivity index (χ2n) is 10.2. The largest absolute Gasteiger partial charge is 0.504 e.